The summed E-state index contributed by atoms with van der Waals surface area (Å²) in [6.07, 6.45) is 2.64. The number of hydrogen-bond acceptors (Lipinski definition) is 2. The Hall–Kier alpha value is -1.35. The van der Waals surface area contributed by atoms with Crippen molar-refractivity contribution in [2.75, 3.05) is 6.61 Å². The molecule has 2 rings (SSSR count). The third kappa shape index (κ3) is 2.34. The smallest absolute Gasteiger partial charge is 0.229 e. The van der Waals surface area contributed by atoms with Gasteiger partial charge in [-0.2, -0.15) is 0 Å². The highest BCUT2D eigenvalue weighted by Crippen LogP contribution is 2.40. The van der Waals surface area contributed by atoms with E-state index in [2.05, 4.69) is 5.32 Å². The van der Waals surface area contributed by atoms with E-state index in [0.29, 0.717) is 0 Å². The van der Waals surface area contributed by atoms with Gasteiger partial charge in [-0.15, -0.1) is 0 Å². The van der Waals surface area contributed by atoms with Crippen molar-refractivity contribution in [1.82, 2.24) is 5.32 Å². The summed E-state index contributed by atoms with van der Waals surface area (Å²) < 4.78 is 0. The van der Waals surface area contributed by atoms with E-state index in [-0.39, 0.29) is 18.6 Å². The second-order valence-corrected chi connectivity index (χ2v) is 4.90. The van der Waals surface area contributed by atoms with Crippen LogP contribution in [0.5, 0.6) is 0 Å². The lowest BCUT2D eigenvalue weighted by molar-refractivity contribution is -0.140. The minimum Gasteiger partial charge on any atom is -0.395 e. The Morgan fingerprint density at radius 3 is 2.53 bits per heavy atom. The number of carbonyl (C=O) groups excluding carboxylic acids is 1. The van der Waals surface area contributed by atoms with Crippen LogP contribution in [0.4, 0.5) is 0 Å². The third-order valence-corrected chi connectivity index (χ3v) is 3.74. The van der Waals surface area contributed by atoms with Crippen molar-refractivity contribution in [3.63, 3.8) is 0 Å². The summed E-state index contributed by atoms with van der Waals surface area (Å²) in [4.78, 5) is 12.1. The molecule has 1 aromatic rings. The van der Waals surface area contributed by atoms with E-state index in [4.69, 9.17) is 0 Å². The SMILES string of the molecule is CC(NC(=O)C1(CO)CCC1)c1ccccc1. The molecule has 0 aromatic heterocycles. The zero-order valence-electron chi connectivity index (χ0n) is 10.1. The van der Waals surface area contributed by atoms with Crippen LogP contribution in [-0.4, -0.2) is 17.6 Å². The fourth-order valence-electron chi connectivity index (χ4n) is 2.24. The number of nitrogens with one attached hydrogen (secondary N) is 1. The number of rotatable bonds is 4. The molecular formula is C14H19NO2. The van der Waals surface area contributed by atoms with Crippen molar-refractivity contribution in [3.8, 4) is 0 Å². The molecule has 1 saturated carbocycles. The quantitative estimate of drug-likeness (QED) is 0.836. The van der Waals surface area contributed by atoms with Gasteiger partial charge in [0.25, 0.3) is 0 Å². The van der Waals surface area contributed by atoms with Crippen molar-refractivity contribution >= 4 is 5.91 Å². The molecular weight excluding hydrogens is 214 g/mol. The maximum atomic E-state index is 12.1. The first-order chi connectivity index (χ1) is 8.18. The summed E-state index contributed by atoms with van der Waals surface area (Å²) in [5.41, 5.74) is 0.580. The van der Waals surface area contributed by atoms with Gasteiger partial charge in [0, 0.05) is 0 Å². The number of hydrogen-bond donors (Lipinski definition) is 2. The van der Waals surface area contributed by atoms with E-state index in [1.807, 2.05) is 37.3 Å². The van der Waals surface area contributed by atoms with Crippen LogP contribution in [0.3, 0.4) is 0 Å². The average Bonchev–Trinajstić information content (AvgIpc) is 2.29. The Kier molecular flexibility index (Phi) is 3.48. The van der Waals surface area contributed by atoms with Gasteiger partial charge >= 0.3 is 0 Å². The lowest BCUT2D eigenvalue weighted by Crippen LogP contribution is -2.48. The van der Waals surface area contributed by atoms with Crippen molar-refractivity contribution in [2.45, 2.75) is 32.2 Å². The summed E-state index contributed by atoms with van der Waals surface area (Å²) in [5, 5.41) is 12.3. The molecule has 92 valence electrons. The largest absolute Gasteiger partial charge is 0.395 e. The van der Waals surface area contributed by atoms with E-state index in [1.165, 1.54) is 0 Å². The second kappa shape index (κ2) is 4.88. The zero-order valence-corrected chi connectivity index (χ0v) is 10.1. The van der Waals surface area contributed by atoms with Crippen molar-refractivity contribution < 1.29 is 9.90 Å². The summed E-state index contributed by atoms with van der Waals surface area (Å²) in [6.45, 7) is 1.93. The number of aliphatic hydroxyl groups excluding tert-OH is 1. The Balaban J connectivity index is 1.99. The minimum absolute atomic E-state index is 0.00674. The van der Waals surface area contributed by atoms with Gasteiger partial charge < -0.3 is 10.4 Å². The second-order valence-electron chi connectivity index (χ2n) is 4.90. The predicted molar refractivity (Wildman–Crippen MR) is 66.4 cm³/mol. The fraction of sp³-hybridized carbons (Fsp3) is 0.500. The lowest BCUT2D eigenvalue weighted by Gasteiger charge is -2.39. The lowest BCUT2D eigenvalue weighted by atomic mass is 9.68. The van der Waals surface area contributed by atoms with Crippen LogP contribution >= 0.6 is 0 Å². The molecule has 2 N–H and O–H groups in total. The Bertz CT molecular complexity index is 379. The molecule has 0 bridgehead atoms. The molecule has 3 nitrogen and oxygen atoms in total. The first-order valence-corrected chi connectivity index (χ1v) is 6.15. The van der Waals surface area contributed by atoms with Crippen molar-refractivity contribution in [1.29, 1.82) is 0 Å². The van der Waals surface area contributed by atoms with Crippen LogP contribution in [0, 0.1) is 5.41 Å². The van der Waals surface area contributed by atoms with E-state index in [1.54, 1.807) is 0 Å². The van der Waals surface area contributed by atoms with Gasteiger partial charge in [-0.25, -0.2) is 0 Å². The molecule has 1 unspecified atom stereocenters. The Morgan fingerprint density at radius 2 is 2.06 bits per heavy atom. The van der Waals surface area contributed by atoms with Gasteiger partial charge in [-0.05, 0) is 25.3 Å². The number of benzene rings is 1. The minimum atomic E-state index is -0.511. The molecule has 0 heterocycles. The maximum absolute atomic E-state index is 12.1. The van der Waals surface area contributed by atoms with Crippen LogP contribution in [0.2, 0.25) is 0 Å². The molecule has 1 atom stereocenters. The van der Waals surface area contributed by atoms with Crippen LogP contribution in [-0.2, 0) is 4.79 Å². The van der Waals surface area contributed by atoms with Crippen LogP contribution in [0.1, 0.15) is 37.8 Å². The highest BCUT2D eigenvalue weighted by Gasteiger charge is 2.43. The van der Waals surface area contributed by atoms with Gasteiger partial charge in [0.05, 0.1) is 18.1 Å². The van der Waals surface area contributed by atoms with Gasteiger partial charge in [0.15, 0.2) is 0 Å². The van der Waals surface area contributed by atoms with E-state index in [0.717, 1.165) is 24.8 Å². The topological polar surface area (TPSA) is 49.3 Å². The normalized spacial score (nSPS) is 19.2. The molecule has 17 heavy (non-hydrogen) atoms. The van der Waals surface area contributed by atoms with E-state index >= 15 is 0 Å². The highest BCUT2D eigenvalue weighted by atomic mass is 16.3. The molecule has 0 aliphatic heterocycles. The molecule has 1 aliphatic carbocycles. The predicted octanol–water partition coefficient (Wildman–Crippen LogP) is 2.03. The van der Waals surface area contributed by atoms with Crippen LogP contribution < -0.4 is 5.32 Å². The van der Waals surface area contributed by atoms with Crippen molar-refractivity contribution in [2.24, 2.45) is 5.41 Å². The third-order valence-electron chi connectivity index (χ3n) is 3.74. The van der Waals surface area contributed by atoms with Gasteiger partial charge in [0.2, 0.25) is 5.91 Å². The molecule has 1 amide bonds. The summed E-state index contributed by atoms with van der Waals surface area (Å²) in [5.74, 6) is -0.0115. The summed E-state index contributed by atoms with van der Waals surface area (Å²) in [7, 11) is 0. The van der Waals surface area contributed by atoms with Crippen LogP contribution in [0.25, 0.3) is 0 Å². The number of amides is 1. The maximum Gasteiger partial charge on any atom is 0.229 e. The molecule has 0 radical (unpaired) electrons. The van der Waals surface area contributed by atoms with Gasteiger partial charge in [-0.3, -0.25) is 4.79 Å². The summed E-state index contributed by atoms with van der Waals surface area (Å²) >= 11 is 0. The van der Waals surface area contributed by atoms with E-state index < -0.39 is 5.41 Å². The molecule has 1 fully saturated rings. The fourth-order valence-corrected chi connectivity index (χ4v) is 2.24. The monoisotopic (exact) mass is 233 g/mol. The average molecular weight is 233 g/mol. The van der Waals surface area contributed by atoms with Crippen molar-refractivity contribution in [3.05, 3.63) is 35.9 Å². The van der Waals surface area contributed by atoms with E-state index in [9.17, 15) is 9.90 Å². The standard InChI is InChI=1S/C14H19NO2/c1-11(12-6-3-2-4-7-12)15-13(17)14(10-16)8-5-9-14/h2-4,6-7,11,16H,5,8-10H2,1H3,(H,15,17). The molecule has 3 heteroatoms. The highest BCUT2D eigenvalue weighted by molar-refractivity contribution is 5.84. The molecule has 1 aromatic carbocycles. The molecule has 0 saturated heterocycles. The number of carbonyl (C=O) groups is 1. The Morgan fingerprint density at radius 1 is 1.41 bits per heavy atom. The first-order valence-electron chi connectivity index (χ1n) is 6.15. The van der Waals surface area contributed by atoms with Crippen LogP contribution in [0.15, 0.2) is 30.3 Å². The first kappa shape index (κ1) is 12.1. The Labute approximate surface area is 102 Å². The molecule has 1 aliphatic rings. The summed E-state index contributed by atoms with van der Waals surface area (Å²) in [6, 6.07) is 9.87. The zero-order chi connectivity index (χ0) is 12.3. The molecule has 0 spiro atoms. The van der Waals surface area contributed by atoms with Gasteiger partial charge in [-0.1, -0.05) is 36.8 Å². The number of aliphatic hydroxyl groups is 1. The van der Waals surface area contributed by atoms with Gasteiger partial charge in [0.1, 0.15) is 0 Å².